The first-order valence-electron chi connectivity index (χ1n) is 20.4. The standard InChI is InChI=1S/C45H49FN6O8S/c1-7-27-23-45(27,43(55)51-61(56,57)32-18-19-32)50-40(53)34-22-31(24-52(34)42(54)38(44(4,5)6)47-29-11-9-8-10-12-29)59-41-37-36(33-21-28(46)15-20-35(33)60-37)48-39(49-41)26-13-16-30(17-14-26)58-25(2)3/h7-17,20-21,25,27,31-32,34,38,47H,1,18-19,22-24H2,2-6H3,(H,50,53)(H,51,55)/t27-,31-,34+,38-,45-/m1/s1. The van der Waals surface area contributed by atoms with E-state index in [1.54, 1.807) is 24.3 Å². The van der Waals surface area contributed by atoms with E-state index in [2.05, 4.69) is 21.9 Å². The Morgan fingerprint density at radius 1 is 1.03 bits per heavy atom. The first-order chi connectivity index (χ1) is 29.0. The number of ether oxygens (including phenoxy) is 2. The molecule has 5 aromatic rings. The number of likely N-dealkylation sites (tertiary alicyclic amines) is 1. The highest BCUT2D eigenvalue weighted by Crippen LogP contribution is 2.46. The summed E-state index contributed by atoms with van der Waals surface area (Å²) in [5.41, 5.74) is -0.118. The SMILES string of the molecule is C=C[C@@H]1C[C@]1(NC(=O)[C@@H]1C[C@@H](Oc2nc(-c3ccc(OC(C)C)cc3)nc3c2oc2ccc(F)cc23)CN1C(=O)[C@@H](Nc1ccccc1)C(C)(C)C)C(=O)NS(=O)(=O)C1CC1. The lowest BCUT2D eigenvalue weighted by Gasteiger charge is -2.36. The lowest BCUT2D eigenvalue weighted by molar-refractivity contribution is -0.141. The fourth-order valence-corrected chi connectivity index (χ4v) is 9.19. The van der Waals surface area contributed by atoms with Crippen LogP contribution in [0.2, 0.25) is 0 Å². The number of carbonyl (C=O) groups excluding carboxylic acids is 3. The molecule has 14 nitrogen and oxygen atoms in total. The Morgan fingerprint density at radius 3 is 2.39 bits per heavy atom. The van der Waals surface area contributed by atoms with Crippen LogP contribution in [0.5, 0.6) is 11.6 Å². The zero-order valence-electron chi connectivity index (χ0n) is 34.6. The molecule has 3 aliphatic rings. The Hall–Kier alpha value is -6.03. The summed E-state index contributed by atoms with van der Waals surface area (Å²) in [6.07, 6.45) is 1.62. The van der Waals surface area contributed by atoms with Gasteiger partial charge in [-0.3, -0.25) is 19.1 Å². The second-order valence-electron chi connectivity index (χ2n) is 17.4. The molecule has 2 aliphatic carbocycles. The molecular weight excluding hydrogens is 804 g/mol. The summed E-state index contributed by atoms with van der Waals surface area (Å²) in [6, 6.07) is 18.5. The molecule has 2 saturated carbocycles. The van der Waals surface area contributed by atoms with Crippen LogP contribution < -0.4 is 24.8 Å². The van der Waals surface area contributed by atoms with E-state index in [4.69, 9.17) is 23.9 Å². The van der Waals surface area contributed by atoms with Crippen molar-refractivity contribution >= 4 is 55.5 Å². The third-order valence-electron chi connectivity index (χ3n) is 11.3. The van der Waals surface area contributed by atoms with Crippen LogP contribution in [-0.2, 0) is 24.4 Å². The van der Waals surface area contributed by atoms with Crippen LogP contribution in [-0.4, -0.2) is 82.6 Å². The second-order valence-corrected chi connectivity index (χ2v) is 19.4. The molecule has 3 heterocycles. The van der Waals surface area contributed by atoms with Crippen molar-refractivity contribution in [3.63, 3.8) is 0 Å². The van der Waals surface area contributed by atoms with Gasteiger partial charge < -0.3 is 29.4 Å². The lowest BCUT2D eigenvalue weighted by atomic mass is 9.85. The van der Waals surface area contributed by atoms with Gasteiger partial charge in [-0.15, -0.1) is 6.58 Å². The first-order valence-corrected chi connectivity index (χ1v) is 22.0. The summed E-state index contributed by atoms with van der Waals surface area (Å²) in [5.74, 6) is -2.02. The highest BCUT2D eigenvalue weighted by molar-refractivity contribution is 7.91. The predicted molar refractivity (Wildman–Crippen MR) is 228 cm³/mol. The fourth-order valence-electron chi connectivity index (χ4n) is 7.82. The van der Waals surface area contributed by atoms with Gasteiger partial charge in [0.2, 0.25) is 27.4 Å². The fraction of sp³-hybridized carbons (Fsp3) is 0.400. The largest absolute Gasteiger partial charge is 0.491 e. The molecule has 0 unspecified atom stereocenters. The number of sulfonamides is 1. The Balaban J connectivity index is 1.15. The minimum Gasteiger partial charge on any atom is -0.491 e. The normalized spacial score (nSPS) is 21.9. The summed E-state index contributed by atoms with van der Waals surface area (Å²) < 4.78 is 61.1. The van der Waals surface area contributed by atoms with Crippen molar-refractivity contribution in [3.8, 4) is 23.0 Å². The van der Waals surface area contributed by atoms with Crippen LogP contribution >= 0.6 is 0 Å². The van der Waals surface area contributed by atoms with E-state index in [9.17, 15) is 27.2 Å². The van der Waals surface area contributed by atoms with Gasteiger partial charge in [-0.25, -0.2) is 17.8 Å². The second kappa shape index (κ2) is 15.8. The van der Waals surface area contributed by atoms with Crippen LogP contribution in [0.4, 0.5) is 10.1 Å². The molecule has 3 amide bonds. The number of nitrogens with one attached hydrogen (secondary N) is 3. The summed E-state index contributed by atoms with van der Waals surface area (Å²) >= 11 is 0. The zero-order valence-corrected chi connectivity index (χ0v) is 35.4. The number of anilines is 1. The van der Waals surface area contributed by atoms with Crippen molar-refractivity contribution in [2.75, 3.05) is 11.9 Å². The number of fused-ring (bicyclic) bond motifs is 3. The maximum Gasteiger partial charge on any atom is 0.262 e. The van der Waals surface area contributed by atoms with Gasteiger partial charge >= 0.3 is 0 Å². The molecule has 3 aromatic carbocycles. The van der Waals surface area contributed by atoms with Crippen LogP contribution in [0.15, 0.2) is 89.9 Å². The minimum atomic E-state index is -3.93. The van der Waals surface area contributed by atoms with Gasteiger partial charge in [-0.1, -0.05) is 45.0 Å². The van der Waals surface area contributed by atoms with Crippen LogP contribution in [0.3, 0.4) is 0 Å². The number of rotatable bonds is 14. The molecule has 1 saturated heterocycles. The highest BCUT2D eigenvalue weighted by atomic mass is 32.2. The number of hydrogen-bond acceptors (Lipinski definition) is 11. The van der Waals surface area contributed by atoms with Gasteiger partial charge in [-0.2, -0.15) is 4.98 Å². The Kier molecular flexibility index (Phi) is 10.8. The monoisotopic (exact) mass is 852 g/mol. The molecule has 5 atom stereocenters. The molecule has 8 rings (SSSR count). The van der Waals surface area contributed by atoms with Crippen molar-refractivity contribution < 1.29 is 41.1 Å². The van der Waals surface area contributed by atoms with Crippen LogP contribution in [0, 0.1) is 17.2 Å². The van der Waals surface area contributed by atoms with Crippen LogP contribution in [0.1, 0.15) is 60.3 Å². The molecule has 320 valence electrons. The van der Waals surface area contributed by atoms with Crippen molar-refractivity contribution in [2.24, 2.45) is 11.3 Å². The lowest BCUT2D eigenvalue weighted by Crippen LogP contribution is -2.58. The quantitative estimate of drug-likeness (QED) is 0.104. The number of amides is 3. The summed E-state index contributed by atoms with van der Waals surface area (Å²) in [7, 11) is -3.93. The van der Waals surface area contributed by atoms with Crippen molar-refractivity contribution in [1.82, 2.24) is 24.9 Å². The molecular formula is C45H49FN6O8S. The minimum absolute atomic E-state index is 0.0161. The summed E-state index contributed by atoms with van der Waals surface area (Å²) in [4.78, 5) is 54.1. The summed E-state index contributed by atoms with van der Waals surface area (Å²) in [5, 5.41) is 5.94. The molecule has 0 bridgehead atoms. The number of carbonyl (C=O) groups is 3. The van der Waals surface area contributed by atoms with Crippen molar-refractivity contribution in [1.29, 1.82) is 0 Å². The van der Waals surface area contributed by atoms with Gasteiger partial charge in [0.25, 0.3) is 11.8 Å². The first kappa shape index (κ1) is 41.7. The zero-order chi connectivity index (χ0) is 43.4. The number of halogens is 1. The number of nitrogens with zero attached hydrogens (tertiary/aromatic N) is 3. The smallest absolute Gasteiger partial charge is 0.262 e. The molecule has 16 heteroatoms. The van der Waals surface area contributed by atoms with E-state index in [1.807, 2.05) is 65.0 Å². The maximum atomic E-state index is 14.9. The number of para-hydroxylation sites is 1. The number of hydrogen-bond donors (Lipinski definition) is 3. The number of furan rings is 1. The molecule has 1 aliphatic heterocycles. The topological polar surface area (TPSA) is 182 Å². The van der Waals surface area contributed by atoms with Gasteiger partial charge in [0.15, 0.2) is 5.82 Å². The average Bonchev–Trinajstić information content (AvgIpc) is 4.12. The average molecular weight is 853 g/mol. The van der Waals surface area contributed by atoms with Gasteiger partial charge in [0.1, 0.15) is 46.4 Å². The Morgan fingerprint density at radius 2 is 1.75 bits per heavy atom. The molecule has 3 N–H and O–H groups in total. The van der Waals surface area contributed by atoms with E-state index in [0.717, 1.165) is 0 Å². The Labute approximate surface area is 353 Å². The summed E-state index contributed by atoms with van der Waals surface area (Å²) in [6.45, 7) is 13.3. The number of aromatic nitrogens is 2. The third kappa shape index (κ3) is 8.50. The van der Waals surface area contributed by atoms with Crippen LogP contribution in [0.25, 0.3) is 33.5 Å². The van der Waals surface area contributed by atoms with Crippen molar-refractivity contribution in [2.45, 2.75) is 95.4 Å². The third-order valence-corrected chi connectivity index (χ3v) is 13.1. The van der Waals surface area contributed by atoms with Gasteiger partial charge in [0, 0.05) is 29.0 Å². The van der Waals surface area contributed by atoms with E-state index < -0.39 is 73.9 Å². The molecule has 61 heavy (non-hydrogen) atoms. The Bertz CT molecular complexity index is 2630. The van der Waals surface area contributed by atoms with E-state index in [1.165, 1.54) is 29.2 Å². The van der Waals surface area contributed by atoms with E-state index >= 15 is 0 Å². The van der Waals surface area contributed by atoms with Crippen molar-refractivity contribution in [3.05, 3.63) is 91.3 Å². The van der Waals surface area contributed by atoms with Gasteiger partial charge in [0.05, 0.1) is 17.9 Å². The predicted octanol–water partition coefficient (Wildman–Crippen LogP) is 6.51. The van der Waals surface area contributed by atoms with E-state index in [0.29, 0.717) is 46.3 Å². The maximum absolute atomic E-state index is 14.9. The van der Waals surface area contributed by atoms with E-state index in [-0.39, 0.29) is 42.8 Å². The molecule has 0 radical (unpaired) electrons. The van der Waals surface area contributed by atoms with Gasteiger partial charge in [-0.05, 0) is 93.1 Å². The highest BCUT2D eigenvalue weighted by Gasteiger charge is 2.62. The number of benzene rings is 3. The molecule has 2 aromatic heterocycles. The molecule has 3 fully saturated rings. The molecule has 0 spiro atoms.